The van der Waals surface area contributed by atoms with Crippen molar-refractivity contribution in [2.24, 2.45) is 0 Å². The highest BCUT2D eigenvalue weighted by atomic mass is 35.5. The minimum atomic E-state index is -3.78. The monoisotopic (exact) mass is 461 g/mol. The van der Waals surface area contributed by atoms with Crippen LogP contribution in [0.4, 0.5) is 11.4 Å². The molecule has 1 fully saturated rings. The number of sulfonamides is 1. The Labute approximate surface area is 189 Å². The van der Waals surface area contributed by atoms with Crippen molar-refractivity contribution in [3.05, 3.63) is 52.5 Å². The van der Waals surface area contributed by atoms with E-state index in [4.69, 9.17) is 11.6 Å². The van der Waals surface area contributed by atoms with Crippen LogP contribution >= 0.6 is 11.6 Å². The zero-order valence-electron chi connectivity index (χ0n) is 18.1. The number of halogens is 1. The summed E-state index contributed by atoms with van der Waals surface area (Å²) in [5.74, 6) is 0.135. The molecule has 2 aliphatic rings. The van der Waals surface area contributed by atoms with E-state index < -0.39 is 10.0 Å². The molecule has 2 aromatic carbocycles. The van der Waals surface area contributed by atoms with Crippen LogP contribution in [0.3, 0.4) is 0 Å². The number of hydrogen-bond acceptors (Lipinski definition) is 4. The van der Waals surface area contributed by atoms with Gasteiger partial charge in [0.1, 0.15) is 0 Å². The van der Waals surface area contributed by atoms with Crippen molar-refractivity contribution < 1.29 is 13.2 Å². The average molecular weight is 462 g/mol. The van der Waals surface area contributed by atoms with Gasteiger partial charge in [-0.15, -0.1) is 0 Å². The van der Waals surface area contributed by atoms with Crippen molar-refractivity contribution in [2.75, 3.05) is 35.8 Å². The van der Waals surface area contributed by atoms with Gasteiger partial charge in [-0.1, -0.05) is 31.5 Å². The summed E-state index contributed by atoms with van der Waals surface area (Å²) in [6.45, 7) is 8.59. The molecular weight excluding hydrogens is 434 g/mol. The van der Waals surface area contributed by atoms with Gasteiger partial charge in [-0.25, -0.2) is 8.42 Å². The van der Waals surface area contributed by atoms with Gasteiger partial charge in [0.15, 0.2) is 0 Å². The molecule has 2 aliphatic heterocycles. The van der Waals surface area contributed by atoms with Crippen LogP contribution in [0.25, 0.3) is 0 Å². The zero-order valence-corrected chi connectivity index (χ0v) is 19.7. The van der Waals surface area contributed by atoms with Gasteiger partial charge >= 0.3 is 0 Å². The van der Waals surface area contributed by atoms with Crippen molar-refractivity contribution in [3.63, 3.8) is 0 Å². The molecule has 0 aromatic heterocycles. The van der Waals surface area contributed by atoms with Crippen LogP contribution in [0.5, 0.6) is 0 Å². The minimum absolute atomic E-state index is 0.135. The smallest absolute Gasteiger partial charge is 0.261 e. The van der Waals surface area contributed by atoms with E-state index in [0.717, 1.165) is 37.2 Å². The first-order chi connectivity index (χ1) is 14.6. The number of amides is 1. The third kappa shape index (κ3) is 4.26. The molecule has 0 radical (unpaired) electrons. The highest BCUT2D eigenvalue weighted by Gasteiger charge is 2.37. The standard InChI is InChI=1S/C23H28ClN3O3S/c1-16-19(24)7-6-8-20(16)25-31(29,30)17-9-10-21-18(13-17)23(2,3)15-27(21)14-22(28)26-11-4-5-12-26/h6-10,13,25H,4-5,11-12,14-15H2,1-3H3. The van der Waals surface area contributed by atoms with E-state index in [-0.39, 0.29) is 16.2 Å². The number of nitrogens with one attached hydrogen (secondary N) is 1. The molecule has 166 valence electrons. The molecule has 0 bridgehead atoms. The van der Waals surface area contributed by atoms with E-state index in [1.165, 1.54) is 0 Å². The van der Waals surface area contributed by atoms with Gasteiger partial charge in [-0.2, -0.15) is 0 Å². The van der Waals surface area contributed by atoms with Crippen molar-refractivity contribution in [3.8, 4) is 0 Å². The first-order valence-corrected chi connectivity index (χ1v) is 12.4. The van der Waals surface area contributed by atoms with Crippen molar-refractivity contribution >= 4 is 38.9 Å². The average Bonchev–Trinajstić information content (AvgIpc) is 3.32. The SMILES string of the molecule is Cc1c(Cl)cccc1NS(=O)(=O)c1ccc2c(c1)C(C)(C)CN2CC(=O)N1CCCC1. The normalized spacial score (nSPS) is 17.7. The van der Waals surface area contributed by atoms with Crippen LogP contribution in [0.15, 0.2) is 41.3 Å². The number of fused-ring (bicyclic) bond motifs is 1. The molecule has 1 saturated heterocycles. The molecule has 0 saturated carbocycles. The maximum absolute atomic E-state index is 13.1. The lowest BCUT2D eigenvalue weighted by Crippen LogP contribution is -2.40. The third-order valence-corrected chi connectivity index (χ3v) is 8.00. The maximum Gasteiger partial charge on any atom is 0.261 e. The van der Waals surface area contributed by atoms with Gasteiger partial charge in [0.05, 0.1) is 17.1 Å². The number of rotatable bonds is 5. The second-order valence-corrected chi connectivity index (χ2v) is 11.1. The maximum atomic E-state index is 13.1. The molecule has 4 rings (SSSR count). The van der Waals surface area contributed by atoms with E-state index in [9.17, 15) is 13.2 Å². The van der Waals surface area contributed by atoms with Crippen LogP contribution in [-0.2, 0) is 20.2 Å². The van der Waals surface area contributed by atoms with Gasteiger partial charge in [-0.3, -0.25) is 9.52 Å². The number of benzene rings is 2. The summed E-state index contributed by atoms with van der Waals surface area (Å²) in [6.07, 6.45) is 2.13. The van der Waals surface area contributed by atoms with Crippen LogP contribution in [0.2, 0.25) is 5.02 Å². The second kappa shape index (κ2) is 8.02. The fourth-order valence-electron chi connectivity index (χ4n) is 4.44. The van der Waals surface area contributed by atoms with Crippen LogP contribution in [-0.4, -0.2) is 45.4 Å². The lowest BCUT2D eigenvalue weighted by atomic mass is 9.87. The number of hydrogen-bond donors (Lipinski definition) is 1. The second-order valence-electron chi connectivity index (χ2n) is 9.02. The first-order valence-electron chi connectivity index (χ1n) is 10.5. The summed E-state index contributed by atoms with van der Waals surface area (Å²) in [7, 11) is -3.78. The molecule has 1 N–H and O–H groups in total. The number of carbonyl (C=O) groups excluding carboxylic acids is 1. The quantitative estimate of drug-likeness (QED) is 0.725. The lowest BCUT2D eigenvalue weighted by molar-refractivity contribution is -0.128. The highest BCUT2D eigenvalue weighted by Crippen LogP contribution is 2.41. The van der Waals surface area contributed by atoms with Gasteiger partial charge in [0.25, 0.3) is 10.0 Å². The van der Waals surface area contributed by atoms with E-state index in [1.807, 2.05) is 11.0 Å². The Morgan fingerprint density at radius 1 is 1.16 bits per heavy atom. The molecule has 1 amide bonds. The van der Waals surface area contributed by atoms with E-state index in [0.29, 0.717) is 29.4 Å². The highest BCUT2D eigenvalue weighted by molar-refractivity contribution is 7.92. The Balaban J connectivity index is 1.61. The van der Waals surface area contributed by atoms with Gasteiger partial charge in [0, 0.05) is 35.8 Å². The van der Waals surface area contributed by atoms with Crippen LogP contribution in [0.1, 0.15) is 37.8 Å². The lowest BCUT2D eigenvalue weighted by Gasteiger charge is -2.24. The summed E-state index contributed by atoms with van der Waals surface area (Å²) in [4.78, 5) is 16.9. The van der Waals surface area contributed by atoms with Crippen molar-refractivity contribution in [1.82, 2.24) is 4.90 Å². The molecule has 31 heavy (non-hydrogen) atoms. The van der Waals surface area contributed by atoms with Gasteiger partial charge in [0.2, 0.25) is 5.91 Å². The zero-order chi connectivity index (χ0) is 22.4. The Morgan fingerprint density at radius 2 is 1.87 bits per heavy atom. The summed E-state index contributed by atoms with van der Waals surface area (Å²) >= 11 is 6.14. The largest absolute Gasteiger partial charge is 0.361 e. The predicted molar refractivity (Wildman–Crippen MR) is 124 cm³/mol. The minimum Gasteiger partial charge on any atom is -0.361 e. The van der Waals surface area contributed by atoms with E-state index >= 15 is 0 Å². The van der Waals surface area contributed by atoms with E-state index in [1.54, 1.807) is 37.3 Å². The van der Waals surface area contributed by atoms with Gasteiger partial charge < -0.3 is 9.80 Å². The summed E-state index contributed by atoms with van der Waals surface area (Å²) in [5, 5.41) is 0.508. The van der Waals surface area contributed by atoms with Crippen molar-refractivity contribution in [1.29, 1.82) is 0 Å². The topological polar surface area (TPSA) is 69.7 Å². The third-order valence-electron chi connectivity index (χ3n) is 6.23. The van der Waals surface area contributed by atoms with Crippen LogP contribution in [0, 0.1) is 6.92 Å². The molecule has 0 aliphatic carbocycles. The molecule has 2 heterocycles. The number of carbonyl (C=O) groups is 1. The Kier molecular flexibility index (Phi) is 5.68. The molecule has 0 spiro atoms. The van der Waals surface area contributed by atoms with E-state index in [2.05, 4.69) is 23.5 Å². The summed E-state index contributed by atoms with van der Waals surface area (Å²) < 4.78 is 28.8. The molecular formula is C23H28ClN3O3S. The summed E-state index contributed by atoms with van der Waals surface area (Å²) in [6, 6.07) is 10.3. The Bertz CT molecular complexity index is 1120. The fourth-order valence-corrected chi connectivity index (χ4v) is 5.76. The molecule has 6 nitrogen and oxygen atoms in total. The Morgan fingerprint density at radius 3 is 2.58 bits per heavy atom. The number of likely N-dealkylation sites (tertiary alicyclic amines) is 1. The number of anilines is 2. The fraction of sp³-hybridized carbons (Fsp3) is 0.435. The van der Waals surface area contributed by atoms with Crippen molar-refractivity contribution in [2.45, 2.75) is 43.9 Å². The molecule has 0 unspecified atom stereocenters. The summed E-state index contributed by atoms with van der Waals surface area (Å²) in [5.41, 5.74) is 2.74. The molecule has 2 aromatic rings. The first kappa shape index (κ1) is 22.0. The number of nitrogens with zero attached hydrogens (tertiary/aromatic N) is 2. The molecule has 0 atom stereocenters. The Hall–Kier alpha value is -2.25. The predicted octanol–water partition coefficient (Wildman–Crippen LogP) is 4.17. The van der Waals surface area contributed by atoms with Gasteiger partial charge in [-0.05, 0) is 61.2 Å². The molecule has 8 heteroatoms. The van der Waals surface area contributed by atoms with Crippen LogP contribution < -0.4 is 9.62 Å².